The number of aliphatic imine (C=N–C) groups is 1. The van der Waals surface area contributed by atoms with E-state index in [0.29, 0.717) is 0 Å². The molecule has 17 heavy (non-hydrogen) atoms. The third-order valence-electron chi connectivity index (χ3n) is 3.13. The van der Waals surface area contributed by atoms with E-state index in [0.717, 1.165) is 17.0 Å². The van der Waals surface area contributed by atoms with Crippen molar-refractivity contribution in [3.05, 3.63) is 23.8 Å². The van der Waals surface area contributed by atoms with Crippen LogP contribution in [0.2, 0.25) is 0 Å². The molecule has 2 rings (SSSR count). The summed E-state index contributed by atoms with van der Waals surface area (Å²) in [5.74, 6) is 0. The van der Waals surface area contributed by atoms with Gasteiger partial charge in [-0.15, -0.1) is 0 Å². The Bertz CT molecular complexity index is 591. The number of fused-ring (bicyclic) bond motifs is 1. The Labute approximate surface area is 123 Å². The molecule has 0 aliphatic carbocycles. The van der Waals surface area contributed by atoms with Gasteiger partial charge in [-0.2, -0.15) is 8.42 Å². The van der Waals surface area contributed by atoms with Crippen LogP contribution in [0.5, 0.6) is 0 Å². The van der Waals surface area contributed by atoms with Gasteiger partial charge in [0.1, 0.15) is 0 Å². The maximum Gasteiger partial charge on any atom is 1.00 e. The molecule has 1 aromatic carbocycles. The van der Waals surface area contributed by atoms with Gasteiger partial charge in [0.15, 0.2) is 0 Å². The molecule has 0 saturated carbocycles. The number of hydrogen-bond donors (Lipinski definition) is 1. The van der Waals surface area contributed by atoms with E-state index in [1.807, 2.05) is 20.8 Å². The maximum absolute atomic E-state index is 11.0. The molecule has 0 spiro atoms. The van der Waals surface area contributed by atoms with Crippen LogP contribution in [-0.4, -0.2) is 18.7 Å². The molecule has 0 radical (unpaired) electrons. The van der Waals surface area contributed by atoms with Gasteiger partial charge in [-0.3, -0.25) is 9.55 Å². The zero-order valence-electron chi connectivity index (χ0n) is 10.4. The summed E-state index contributed by atoms with van der Waals surface area (Å²) in [5, 5.41) is 0. The summed E-state index contributed by atoms with van der Waals surface area (Å²) in [4.78, 5) is 4.29. The Morgan fingerprint density at radius 2 is 1.88 bits per heavy atom. The van der Waals surface area contributed by atoms with Crippen LogP contribution in [0.4, 0.5) is 5.69 Å². The van der Waals surface area contributed by atoms with Crippen LogP contribution in [0.3, 0.4) is 0 Å². The molecule has 0 bridgehead atoms. The van der Waals surface area contributed by atoms with Crippen molar-refractivity contribution in [2.45, 2.75) is 31.1 Å². The molecule has 86 valence electrons. The summed E-state index contributed by atoms with van der Waals surface area (Å²) in [6, 6.07) is 4.48. The molecule has 0 amide bonds. The van der Waals surface area contributed by atoms with Gasteiger partial charge >= 0.3 is 29.6 Å². The van der Waals surface area contributed by atoms with E-state index in [4.69, 9.17) is 4.55 Å². The minimum atomic E-state index is -4.14. The van der Waals surface area contributed by atoms with Crippen molar-refractivity contribution in [3.63, 3.8) is 0 Å². The van der Waals surface area contributed by atoms with E-state index >= 15 is 0 Å². The Kier molecular flexibility index (Phi) is 3.91. The number of rotatable bonds is 1. The Morgan fingerprint density at radius 1 is 1.29 bits per heavy atom. The Hall–Kier alpha value is -0.200. The van der Waals surface area contributed by atoms with Gasteiger partial charge in [-0.1, -0.05) is 13.8 Å². The van der Waals surface area contributed by atoms with Crippen LogP contribution in [-0.2, 0) is 15.5 Å². The summed E-state index contributed by atoms with van der Waals surface area (Å²) in [6.45, 7) is 5.87. The van der Waals surface area contributed by atoms with Crippen LogP contribution in [0.1, 0.15) is 26.3 Å². The molecule has 0 unspecified atom stereocenters. The zero-order chi connectivity index (χ0) is 12.1. The van der Waals surface area contributed by atoms with E-state index in [-0.39, 0.29) is 39.9 Å². The maximum atomic E-state index is 11.0. The van der Waals surface area contributed by atoms with Crippen molar-refractivity contribution in [3.8, 4) is 0 Å². The van der Waals surface area contributed by atoms with Crippen molar-refractivity contribution in [1.82, 2.24) is 0 Å². The van der Waals surface area contributed by atoms with Crippen LogP contribution in [0.15, 0.2) is 28.1 Å². The van der Waals surface area contributed by atoms with E-state index in [9.17, 15) is 8.42 Å². The molecule has 1 aliphatic heterocycles. The fraction of sp³-hybridized carbons (Fsp3) is 0.364. The molecule has 0 aromatic heterocycles. The first-order chi connectivity index (χ1) is 7.23. The minimum absolute atomic E-state index is 0. The molecular weight excluding hydrogens is 249 g/mol. The molecule has 1 aromatic rings. The summed E-state index contributed by atoms with van der Waals surface area (Å²) >= 11 is 0. The van der Waals surface area contributed by atoms with E-state index in [1.165, 1.54) is 12.1 Å². The van der Waals surface area contributed by atoms with Crippen molar-refractivity contribution in [2.75, 3.05) is 0 Å². The summed E-state index contributed by atoms with van der Waals surface area (Å²) in [5.41, 5.74) is 2.26. The molecule has 1 N–H and O–H groups in total. The first-order valence-electron chi connectivity index (χ1n) is 4.91. The Balaban J connectivity index is 0.00000144. The zero-order valence-corrected chi connectivity index (χ0v) is 13.2. The molecule has 4 nitrogen and oxygen atoms in total. The van der Waals surface area contributed by atoms with Gasteiger partial charge in [0.05, 0.1) is 10.6 Å². The molecule has 0 fully saturated rings. The number of hydrogen-bond acceptors (Lipinski definition) is 3. The SMILES string of the molecule is CC1=Nc2ccc(S(=O)(=O)O)cc2C1(C)C.[Na+]. The smallest absolute Gasteiger partial charge is 0.282 e. The second-order valence-electron chi connectivity index (χ2n) is 4.48. The van der Waals surface area contributed by atoms with Crippen LogP contribution >= 0.6 is 0 Å². The van der Waals surface area contributed by atoms with Gasteiger partial charge in [0.2, 0.25) is 0 Å². The Morgan fingerprint density at radius 3 is 2.41 bits per heavy atom. The molecule has 0 saturated heterocycles. The second kappa shape index (κ2) is 4.48. The fourth-order valence-corrected chi connectivity index (χ4v) is 2.30. The van der Waals surface area contributed by atoms with Crippen molar-refractivity contribution >= 4 is 21.5 Å². The van der Waals surface area contributed by atoms with E-state index in [1.54, 1.807) is 6.07 Å². The molecule has 1 heterocycles. The van der Waals surface area contributed by atoms with Crippen molar-refractivity contribution in [2.24, 2.45) is 4.99 Å². The van der Waals surface area contributed by atoms with Gasteiger partial charge in [0, 0.05) is 11.1 Å². The number of nitrogens with zero attached hydrogens (tertiary/aromatic N) is 1. The van der Waals surface area contributed by atoms with Crippen molar-refractivity contribution in [1.29, 1.82) is 0 Å². The van der Waals surface area contributed by atoms with Crippen LogP contribution < -0.4 is 29.6 Å². The average molecular weight is 262 g/mol. The first kappa shape index (κ1) is 14.9. The predicted molar refractivity (Wildman–Crippen MR) is 62.1 cm³/mol. The summed E-state index contributed by atoms with van der Waals surface area (Å²) < 4.78 is 31.1. The second-order valence-corrected chi connectivity index (χ2v) is 5.90. The predicted octanol–water partition coefficient (Wildman–Crippen LogP) is -0.679. The van der Waals surface area contributed by atoms with Gasteiger partial charge in [-0.05, 0) is 30.7 Å². The normalized spacial score (nSPS) is 17.1. The largest absolute Gasteiger partial charge is 1.00 e. The van der Waals surface area contributed by atoms with E-state index in [2.05, 4.69) is 4.99 Å². The van der Waals surface area contributed by atoms with Crippen LogP contribution in [0, 0.1) is 0 Å². The molecule has 0 atom stereocenters. The molecular formula is C11H13NNaO3S+. The van der Waals surface area contributed by atoms with Gasteiger partial charge < -0.3 is 0 Å². The topological polar surface area (TPSA) is 66.7 Å². The fourth-order valence-electron chi connectivity index (χ4n) is 1.79. The minimum Gasteiger partial charge on any atom is -0.282 e. The third-order valence-corrected chi connectivity index (χ3v) is 3.98. The van der Waals surface area contributed by atoms with Crippen molar-refractivity contribution < 1.29 is 42.5 Å². The summed E-state index contributed by atoms with van der Waals surface area (Å²) in [7, 11) is -4.14. The third kappa shape index (κ3) is 2.48. The van der Waals surface area contributed by atoms with Gasteiger partial charge in [0.25, 0.3) is 10.1 Å². The monoisotopic (exact) mass is 262 g/mol. The standard InChI is InChI=1S/C11H13NO3S.Na/c1-7-11(2,3)9-6-8(16(13,14)15)4-5-10(9)12-7;/h4-6H,1-3H3,(H,13,14,15);/q;+1. The average Bonchev–Trinajstić information content (AvgIpc) is 2.37. The van der Waals surface area contributed by atoms with Crippen LogP contribution in [0.25, 0.3) is 0 Å². The molecule has 1 aliphatic rings. The molecule has 6 heteroatoms. The van der Waals surface area contributed by atoms with Gasteiger partial charge in [-0.25, -0.2) is 0 Å². The quantitative estimate of drug-likeness (QED) is 0.539. The summed E-state index contributed by atoms with van der Waals surface area (Å²) in [6.07, 6.45) is 0. The number of benzene rings is 1. The first-order valence-corrected chi connectivity index (χ1v) is 6.35. The van der Waals surface area contributed by atoms with E-state index < -0.39 is 10.1 Å².